The smallest absolute Gasteiger partial charge is 0.125 e. The summed E-state index contributed by atoms with van der Waals surface area (Å²) in [7, 11) is 2.21. The number of halogens is 1. The van der Waals surface area contributed by atoms with E-state index in [9.17, 15) is 4.39 Å². The van der Waals surface area contributed by atoms with Gasteiger partial charge in [-0.1, -0.05) is 0 Å². The van der Waals surface area contributed by atoms with Crippen LogP contribution in [0.4, 0.5) is 4.39 Å². The van der Waals surface area contributed by atoms with Crippen LogP contribution < -0.4 is 0 Å². The van der Waals surface area contributed by atoms with Crippen molar-refractivity contribution in [2.24, 2.45) is 5.41 Å². The van der Waals surface area contributed by atoms with Gasteiger partial charge < -0.3 is 4.90 Å². The number of rotatable bonds is 1. The van der Waals surface area contributed by atoms with E-state index < -0.39 is 6.17 Å². The van der Waals surface area contributed by atoms with Crippen molar-refractivity contribution in [2.75, 3.05) is 33.2 Å². The van der Waals surface area contributed by atoms with Gasteiger partial charge in [-0.3, -0.25) is 4.90 Å². The number of nitrogens with zero attached hydrogens (tertiary/aromatic N) is 2. The molecule has 0 amide bonds. The van der Waals surface area contributed by atoms with Crippen molar-refractivity contribution in [3.8, 4) is 0 Å². The molecular formula is C11H19FN2. The standard InChI is InChI=1S/C11H19FN2/c1-13-5-4-11(8-13)3-2-10(11)14-6-9(12)7-14/h9-10H,2-8H2,1H3. The molecule has 14 heavy (non-hydrogen) atoms. The first-order valence-electron chi connectivity index (χ1n) is 5.76. The lowest BCUT2D eigenvalue weighted by Crippen LogP contribution is -2.64. The van der Waals surface area contributed by atoms with Crippen LogP contribution in [-0.2, 0) is 0 Å². The Labute approximate surface area is 85.1 Å². The summed E-state index contributed by atoms with van der Waals surface area (Å²) in [6.45, 7) is 3.89. The van der Waals surface area contributed by atoms with Gasteiger partial charge in [0.2, 0.25) is 0 Å². The summed E-state index contributed by atoms with van der Waals surface area (Å²) in [5.41, 5.74) is 0.550. The largest absolute Gasteiger partial charge is 0.306 e. The van der Waals surface area contributed by atoms with Crippen molar-refractivity contribution in [1.29, 1.82) is 0 Å². The lowest BCUT2D eigenvalue weighted by Gasteiger charge is -2.56. The molecule has 3 aliphatic rings. The lowest BCUT2D eigenvalue weighted by atomic mass is 9.62. The Morgan fingerprint density at radius 1 is 1.29 bits per heavy atom. The normalized spacial score (nSPS) is 45.4. The van der Waals surface area contributed by atoms with E-state index in [1.807, 2.05) is 0 Å². The Kier molecular flexibility index (Phi) is 1.90. The van der Waals surface area contributed by atoms with Crippen LogP contribution in [0.3, 0.4) is 0 Å². The fourth-order valence-corrected chi connectivity index (χ4v) is 3.55. The fourth-order valence-electron chi connectivity index (χ4n) is 3.55. The molecule has 0 bridgehead atoms. The van der Waals surface area contributed by atoms with Gasteiger partial charge in [0.15, 0.2) is 0 Å². The monoisotopic (exact) mass is 198 g/mol. The average Bonchev–Trinajstić information content (AvgIpc) is 2.45. The van der Waals surface area contributed by atoms with Crippen LogP contribution in [0.5, 0.6) is 0 Å². The Hall–Kier alpha value is -0.150. The summed E-state index contributed by atoms with van der Waals surface area (Å²) in [6, 6.07) is 0.708. The molecule has 3 fully saturated rings. The molecule has 2 nitrogen and oxygen atoms in total. The van der Waals surface area contributed by atoms with Crippen LogP contribution in [0.25, 0.3) is 0 Å². The zero-order chi connectivity index (χ0) is 9.76. The average molecular weight is 198 g/mol. The second kappa shape index (κ2) is 2.92. The first-order valence-corrected chi connectivity index (χ1v) is 5.76. The third-order valence-corrected chi connectivity index (χ3v) is 4.50. The molecule has 1 saturated carbocycles. The maximum Gasteiger partial charge on any atom is 0.125 e. The highest BCUT2D eigenvalue weighted by Crippen LogP contribution is 2.51. The highest BCUT2D eigenvalue weighted by atomic mass is 19.1. The Balaban J connectivity index is 1.65. The molecule has 2 atom stereocenters. The van der Waals surface area contributed by atoms with E-state index in [-0.39, 0.29) is 0 Å². The molecule has 0 aromatic carbocycles. The molecule has 3 heteroatoms. The number of likely N-dealkylation sites (tertiary alicyclic amines) is 2. The molecule has 2 heterocycles. The maximum atomic E-state index is 12.8. The van der Waals surface area contributed by atoms with Crippen molar-refractivity contribution >= 4 is 0 Å². The summed E-state index contributed by atoms with van der Waals surface area (Å²) < 4.78 is 12.8. The number of hydrogen-bond acceptors (Lipinski definition) is 2. The van der Waals surface area contributed by atoms with Gasteiger partial charge in [-0.25, -0.2) is 4.39 Å². The SMILES string of the molecule is CN1CCC2(CCC2N2CC(F)C2)C1. The molecule has 0 aromatic rings. The van der Waals surface area contributed by atoms with Crippen molar-refractivity contribution in [1.82, 2.24) is 9.80 Å². The molecule has 2 saturated heterocycles. The van der Waals surface area contributed by atoms with Gasteiger partial charge in [0, 0.05) is 25.7 Å². The molecule has 1 aliphatic carbocycles. The minimum atomic E-state index is -0.535. The first kappa shape index (κ1) is 9.10. The molecule has 0 N–H and O–H groups in total. The van der Waals surface area contributed by atoms with Gasteiger partial charge in [-0.2, -0.15) is 0 Å². The zero-order valence-electron chi connectivity index (χ0n) is 8.88. The van der Waals surface area contributed by atoms with E-state index in [4.69, 9.17) is 0 Å². The molecule has 2 aliphatic heterocycles. The Morgan fingerprint density at radius 2 is 2.07 bits per heavy atom. The van der Waals surface area contributed by atoms with Crippen LogP contribution in [0, 0.1) is 5.41 Å². The van der Waals surface area contributed by atoms with Crippen LogP contribution in [0.1, 0.15) is 19.3 Å². The van der Waals surface area contributed by atoms with Gasteiger partial charge in [-0.15, -0.1) is 0 Å². The Morgan fingerprint density at radius 3 is 2.50 bits per heavy atom. The second-order valence-corrected chi connectivity index (χ2v) is 5.46. The minimum absolute atomic E-state index is 0.535. The highest BCUT2D eigenvalue weighted by molar-refractivity contribution is 5.08. The second-order valence-electron chi connectivity index (χ2n) is 5.46. The quantitative estimate of drug-likeness (QED) is 0.623. The third kappa shape index (κ3) is 1.15. The number of hydrogen-bond donors (Lipinski definition) is 0. The van der Waals surface area contributed by atoms with E-state index in [1.54, 1.807) is 0 Å². The van der Waals surface area contributed by atoms with Gasteiger partial charge in [0.25, 0.3) is 0 Å². The van der Waals surface area contributed by atoms with Crippen LogP contribution in [0.15, 0.2) is 0 Å². The van der Waals surface area contributed by atoms with Crippen LogP contribution in [-0.4, -0.2) is 55.2 Å². The summed E-state index contributed by atoms with van der Waals surface area (Å²) in [6.07, 6.45) is 3.48. The fraction of sp³-hybridized carbons (Fsp3) is 1.00. The van der Waals surface area contributed by atoms with E-state index in [1.165, 1.54) is 32.4 Å². The summed E-state index contributed by atoms with van der Waals surface area (Å²) in [5, 5.41) is 0. The molecule has 80 valence electrons. The Bertz CT molecular complexity index is 239. The molecule has 1 spiro atoms. The third-order valence-electron chi connectivity index (χ3n) is 4.50. The van der Waals surface area contributed by atoms with Crippen molar-refractivity contribution in [2.45, 2.75) is 31.5 Å². The van der Waals surface area contributed by atoms with Crippen LogP contribution >= 0.6 is 0 Å². The number of alkyl halides is 1. The minimum Gasteiger partial charge on any atom is -0.306 e. The summed E-state index contributed by atoms with van der Waals surface area (Å²) in [5.74, 6) is 0. The van der Waals surface area contributed by atoms with Gasteiger partial charge in [0.1, 0.15) is 6.17 Å². The molecule has 0 radical (unpaired) electrons. The molecule has 2 unspecified atom stereocenters. The topological polar surface area (TPSA) is 6.48 Å². The molecule has 0 aromatic heterocycles. The van der Waals surface area contributed by atoms with E-state index in [0.29, 0.717) is 24.5 Å². The van der Waals surface area contributed by atoms with Crippen LogP contribution in [0.2, 0.25) is 0 Å². The molecular weight excluding hydrogens is 179 g/mol. The van der Waals surface area contributed by atoms with E-state index in [0.717, 1.165) is 0 Å². The predicted molar refractivity (Wildman–Crippen MR) is 54.0 cm³/mol. The maximum absolute atomic E-state index is 12.8. The van der Waals surface area contributed by atoms with Gasteiger partial charge in [-0.05, 0) is 38.3 Å². The highest BCUT2D eigenvalue weighted by Gasteiger charge is 2.54. The zero-order valence-corrected chi connectivity index (χ0v) is 8.88. The lowest BCUT2D eigenvalue weighted by molar-refractivity contribution is -0.0802. The molecule has 3 rings (SSSR count). The summed E-state index contributed by atoms with van der Waals surface area (Å²) >= 11 is 0. The first-order chi connectivity index (χ1) is 6.70. The van der Waals surface area contributed by atoms with E-state index >= 15 is 0 Å². The van der Waals surface area contributed by atoms with Crippen molar-refractivity contribution in [3.63, 3.8) is 0 Å². The van der Waals surface area contributed by atoms with E-state index in [2.05, 4.69) is 16.8 Å². The predicted octanol–water partition coefficient (Wildman–Crippen LogP) is 1.12. The van der Waals surface area contributed by atoms with Gasteiger partial charge in [0.05, 0.1) is 0 Å². The van der Waals surface area contributed by atoms with Gasteiger partial charge >= 0.3 is 0 Å². The van der Waals surface area contributed by atoms with Crippen molar-refractivity contribution in [3.05, 3.63) is 0 Å². The summed E-state index contributed by atoms with van der Waals surface area (Å²) in [4.78, 5) is 4.80. The van der Waals surface area contributed by atoms with Crippen molar-refractivity contribution < 1.29 is 4.39 Å².